The molecule has 0 aromatic heterocycles. The fourth-order valence-corrected chi connectivity index (χ4v) is 3.12. The lowest BCUT2D eigenvalue weighted by atomic mass is 10.1. The van der Waals surface area contributed by atoms with Crippen LogP contribution in [0.15, 0.2) is 34.8 Å². The van der Waals surface area contributed by atoms with E-state index in [1.54, 1.807) is 25.1 Å². The fraction of sp³-hybridized carbons (Fsp3) is 0.222. The van der Waals surface area contributed by atoms with E-state index in [1.165, 1.54) is 19.2 Å². The summed E-state index contributed by atoms with van der Waals surface area (Å²) in [6.07, 6.45) is 0. The van der Waals surface area contributed by atoms with Gasteiger partial charge in [0.05, 0.1) is 28.9 Å². The summed E-state index contributed by atoms with van der Waals surface area (Å²) in [5, 5.41) is 3.32. The Labute approximate surface area is 174 Å². The average molecular weight is 477 g/mol. The number of amides is 1. The van der Waals surface area contributed by atoms with Crippen LogP contribution in [0.3, 0.4) is 0 Å². The number of halogens is 3. The van der Waals surface area contributed by atoms with Gasteiger partial charge in [-0.15, -0.1) is 0 Å². The maximum absolute atomic E-state index is 12.2. The number of anilines is 1. The molecule has 0 aliphatic rings. The molecule has 0 aliphatic heterocycles. The quantitative estimate of drug-likeness (QED) is 0.571. The molecule has 6 nitrogen and oxygen atoms in total. The summed E-state index contributed by atoms with van der Waals surface area (Å²) >= 11 is 15.3. The van der Waals surface area contributed by atoms with Gasteiger partial charge in [-0.2, -0.15) is 0 Å². The van der Waals surface area contributed by atoms with Crippen molar-refractivity contribution >= 4 is 56.7 Å². The molecule has 0 saturated carbocycles. The smallest absolute Gasteiger partial charge is 0.341 e. The highest BCUT2D eigenvalue weighted by atomic mass is 79.9. The molecule has 27 heavy (non-hydrogen) atoms. The summed E-state index contributed by atoms with van der Waals surface area (Å²) in [5.41, 5.74) is 0.453. The molecule has 144 valence electrons. The van der Waals surface area contributed by atoms with Crippen molar-refractivity contribution in [1.82, 2.24) is 0 Å². The van der Waals surface area contributed by atoms with E-state index in [2.05, 4.69) is 21.2 Å². The van der Waals surface area contributed by atoms with E-state index in [0.29, 0.717) is 15.2 Å². The molecule has 2 rings (SSSR count). The summed E-state index contributed by atoms with van der Waals surface area (Å²) in [7, 11) is 1.40. The molecule has 0 radical (unpaired) electrons. The number of methoxy groups -OCH3 is 1. The minimum absolute atomic E-state index is 0.167. The molecule has 0 atom stereocenters. The van der Waals surface area contributed by atoms with E-state index >= 15 is 0 Å². The predicted octanol–water partition coefficient (Wildman–Crippen LogP) is 4.96. The second-order valence-electron chi connectivity index (χ2n) is 5.16. The highest BCUT2D eigenvalue weighted by molar-refractivity contribution is 9.10. The third kappa shape index (κ3) is 5.76. The van der Waals surface area contributed by atoms with Crippen LogP contribution in [0.4, 0.5) is 5.69 Å². The third-order valence-electron chi connectivity index (χ3n) is 3.31. The van der Waals surface area contributed by atoms with E-state index in [9.17, 15) is 9.59 Å². The Kier molecular flexibility index (Phi) is 7.77. The predicted molar refractivity (Wildman–Crippen MR) is 107 cm³/mol. The van der Waals surface area contributed by atoms with Crippen molar-refractivity contribution in [3.8, 4) is 11.5 Å². The molecule has 0 saturated heterocycles. The van der Waals surface area contributed by atoms with E-state index < -0.39 is 11.9 Å². The molecule has 0 aliphatic carbocycles. The Balaban J connectivity index is 2.09. The second-order valence-corrected chi connectivity index (χ2v) is 6.86. The minimum atomic E-state index is -0.565. The molecule has 0 unspecified atom stereocenters. The van der Waals surface area contributed by atoms with E-state index in [0.717, 1.165) is 0 Å². The van der Waals surface area contributed by atoms with Gasteiger partial charge in [0.1, 0.15) is 17.1 Å². The Bertz CT molecular complexity index is 860. The van der Waals surface area contributed by atoms with Crippen LogP contribution in [0.5, 0.6) is 11.5 Å². The Hall–Kier alpha value is -1.96. The summed E-state index contributed by atoms with van der Waals surface area (Å²) in [6, 6.07) is 7.78. The van der Waals surface area contributed by atoms with Gasteiger partial charge in [-0.25, -0.2) is 4.79 Å². The van der Waals surface area contributed by atoms with E-state index in [-0.39, 0.29) is 35.2 Å². The molecule has 0 spiro atoms. The summed E-state index contributed by atoms with van der Waals surface area (Å²) < 4.78 is 16.2. The highest BCUT2D eigenvalue weighted by Gasteiger charge is 2.18. The minimum Gasteiger partial charge on any atom is -0.496 e. The SMILES string of the molecule is CCOC(=O)c1cc(Cl)c(NC(=O)COc2ccc(Cl)cc2Br)cc1OC. The first-order valence-electron chi connectivity index (χ1n) is 7.78. The van der Waals surface area contributed by atoms with Gasteiger partial charge in [0, 0.05) is 11.1 Å². The maximum Gasteiger partial charge on any atom is 0.341 e. The maximum atomic E-state index is 12.2. The van der Waals surface area contributed by atoms with Gasteiger partial charge in [-0.05, 0) is 47.1 Å². The van der Waals surface area contributed by atoms with Crippen LogP contribution >= 0.6 is 39.1 Å². The van der Waals surface area contributed by atoms with Gasteiger partial charge in [0.25, 0.3) is 5.91 Å². The molecule has 2 aromatic carbocycles. The third-order valence-corrected chi connectivity index (χ3v) is 4.48. The first kappa shape index (κ1) is 21.3. The topological polar surface area (TPSA) is 73.9 Å². The summed E-state index contributed by atoms with van der Waals surface area (Å²) in [4.78, 5) is 24.1. The number of nitrogens with one attached hydrogen (secondary N) is 1. The van der Waals surface area contributed by atoms with Crippen LogP contribution in [-0.2, 0) is 9.53 Å². The normalized spacial score (nSPS) is 10.3. The van der Waals surface area contributed by atoms with E-state index in [4.69, 9.17) is 37.4 Å². The van der Waals surface area contributed by atoms with Crippen molar-refractivity contribution < 1.29 is 23.8 Å². The van der Waals surface area contributed by atoms with Crippen molar-refractivity contribution in [2.24, 2.45) is 0 Å². The molecule has 0 fully saturated rings. The van der Waals surface area contributed by atoms with Crippen LogP contribution in [0, 0.1) is 0 Å². The zero-order chi connectivity index (χ0) is 20.0. The summed E-state index contributed by atoms with van der Waals surface area (Å²) in [6.45, 7) is 1.66. The van der Waals surface area contributed by atoms with Gasteiger partial charge >= 0.3 is 5.97 Å². The lowest BCUT2D eigenvalue weighted by Gasteiger charge is -2.13. The molecule has 0 bridgehead atoms. The highest BCUT2D eigenvalue weighted by Crippen LogP contribution is 2.32. The number of carbonyl (C=O) groups excluding carboxylic acids is 2. The van der Waals surface area contributed by atoms with Gasteiger partial charge in [0.15, 0.2) is 6.61 Å². The number of benzene rings is 2. The van der Waals surface area contributed by atoms with Crippen molar-refractivity contribution in [1.29, 1.82) is 0 Å². The van der Waals surface area contributed by atoms with Gasteiger partial charge in [-0.1, -0.05) is 23.2 Å². The first-order chi connectivity index (χ1) is 12.8. The molecule has 0 heterocycles. The lowest BCUT2D eigenvalue weighted by Crippen LogP contribution is -2.20. The van der Waals surface area contributed by atoms with Crippen molar-refractivity contribution in [2.75, 3.05) is 25.6 Å². The first-order valence-corrected chi connectivity index (χ1v) is 9.33. The standard InChI is InChI=1S/C18H16BrCl2NO5/c1-3-26-18(24)11-7-13(21)14(8-16(11)25-2)22-17(23)9-27-15-5-4-10(20)6-12(15)19/h4-8H,3,9H2,1-2H3,(H,22,23). The number of esters is 1. The van der Waals surface area contributed by atoms with Crippen molar-refractivity contribution in [3.63, 3.8) is 0 Å². The van der Waals surface area contributed by atoms with Crippen LogP contribution in [0.25, 0.3) is 0 Å². The second kappa shape index (κ2) is 9.82. The lowest BCUT2D eigenvalue weighted by molar-refractivity contribution is -0.118. The molecule has 2 aromatic rings. The Morgan fingerprint density at radius 3 is 2.52 bits per heavy atom. The Morgan fingerprint density at radius 2 is 1.89 bits per heavy atom. The van der Waals surface area contributed by atoms with Crippen molar-refractivity contribution in [3.05, 3.63) is 50.4 Å². The number of hydrogen-bond acceptors (Lipinski definition) is 5. The average Bonchev–Trinajstić information content (AvgIpc) is 2.62. The monoisotopic (exact) mass is 475 g/mol. The fourth-order valence-electron chi connectivity index (χ4n) is 2.11. The van der Waals surface area contributed by atoms with Gasteiger partial charge in [0.2, 0.25) is 0 Å². The largest absolute Gasteiger partial charge is 0.496 e. The number of hydrogen-bond donors (Lipinski definition) is 1. The zero-order valence-corrected chi connectivity index (χ0v) is 17.6. The van der Waals surface area contributed by atoms with Crippen LogP contribution < -0.4 is 14.8 Å². The molecular formula is C18H16BrCl2NO5. The van der Waals surface area contributed by atoms with Crippen LogP contribution in [0.1, 0.15) is 17.3 Å². The number of ether oxygens (including phenoxy) is 3. The number of carbonyl (C=O) groups is 2. The van der Waals surface area contributed by atoms with Crippen LogP contribution in [-0.4, -0.2) is 32.2 Å². The molecular weight excluding hydrogens is 461 g/mol. The Morgan fingerprint density at radius 1 is 1.15 bits per heavy atom. The van der Waals surface area contributed by atoms with E-state index in [1.807, 2.05) is 0 Å². The molecule has 1 amide bonds. The zero-order valence-electron chi connectivity index (χ0n) is 14.5. The van der Waals surface area contributed by atoms with Gasteiger partial charge < -0.3 is 19.5 Å². The van der Waals surface area contributed by atoms with Crippen LogP contribution in [0.2, 0.25) is 10.0 Å². The molecule has 9 heteroatoms. The number of rotatable bonds is 7. The molecule has 1 N–H and O–H groups in total. The summed E-state index contributed by atoms with van der Waals surface area (Å²) in [5.74, 6) is -0.305. The van der Waals surface area contributed by atoms with Crippen molar-refractivity contribution in [2.45, 2.75) is 6.92 Å². The van der Waals surface area contributed by atoms with Gasteiger partial charge in [-0.3, -0.25) is 4.79 Å².